The fourth-order valence-electron chi connectivity index (χ4n) is 11.9. The van der Waals surface area contributed by atoms with Crippen molar-refractivity contribution in [1.29, 1.82) is 5.41 Å². The lowest BCUT2D eigenvalue weighted by Crippen LogP contribution is -2.33. The maximum absolute atomic E-state index is 8.71. The zero-order valence-electron chi connectivity index (χ0n) is 39.2. The number of anilines is 2. The second-order valence-electron chi connectivity index (χ2n) is 19.7. The second-order valence-corrected chi connectivity index (χ2v) is 19.7. The molecule has 336 valence electrons. The molecule has 1 aliphatic heterocycles. The quantitative estimate of drug-likeness (QED) is 0.165. The van der Waals surface area contributed by atoms with Crippen LogP contribution in [0.2, 0.25) is 0 Å². The van der Waals surface area contributed by atoms with Gasteiger partial charge in [0.05, 0.1) is 17.1 Å². The number of hydrogen-bond acceptors (Lipinski definition) is 5. The van der Waals surface area contributed by atoms with Gasteiger partial charge in [-0.05, 0) is 116 Å². The van der Waals surface area contributed by atoms with Crippen LogP contribution in [0, 0.1) is 22.7 Å². The molecule has 1 fully saturated rings. The Labute approximate surface area is 408 Å². The van der Waals surface area contributed by atoms with Crippen molar-refractivity contribution in [2.45, 2.75) is 32.2 Å². The first-order valence-corrected chi connectivity index (χ1v) is 24.3. The van der Waals surface area contributed by atoms with Gasteiger partial charge in [-0.25, -0.2) is 4.98 Å². The average molecular weight is 903 g/mol. The number of rotatable bonds is 8. The van der Waals surface area contributed by atoms with E-state index in [4.69, 9.17) is 20.4 Å². The molecule has 0 spiro atoms. The minimum Gasteiger partial charge on any atom is -0.309 e. The lowest BCUT2D eigenvalue weighted by Gasteiger charge is -2.34. The summed E-state index contributed by atoms with van der Waals surface area (Å²) in [5, 5.41) is 11.1. The molecular formula is C64H50N6. The Morgan fingerprint density at radius 2 is 1.14 bits per heavy atom. The number of aromatic nitrogens is 4. The monoisotopic (exact) mass is 902 g/mol. The van der Waals surface area contributed by atoms with Crippen molar-refractivity contribution >= 4 is 51.3 Å². The lowest BCUT2D eigenvalue weighted by molar-refractivity contribution is 0.278. The fourth-order valence-corrected chi connectivity index (χ4v) is 11.9. The third-order valence-corrected chi connectivity index (χ3v) is 15.5. The van der Waals surface area contributed by atoms with Crippen molar-refractivity contribution in [2.24, 2.45) is 17.3 Å². The van der Waals surface area contributed by atoms with Crippen LogP contribution in [0.4, 0.5) is 11.6 Å². The van der Waals surface area contributed by atoms with Crippen LogP contribution in [0.1, 0.15) is 42.9 Å². The number of hydrogen-bond donors (Lipinski definition) is 1. The van der Waals surface area contributed by atoms with Gasteiger partial charge in [0.15, 0.2) is 11.6 Å². The molecule has 9 aromatic rings. The Bertz CT molecular complexity index is 3560. The first kappa shape index (κ1) is 41.7. The van der Waals surface area contributed by atoms with E-state index in [2.05, 4.69) is 182 Å². The molecule has 1 saturated carbocycles. The van der Waals surface area contributed by atoms with Gasteiger partial charge in [0.25, 0.3) is 0 Å². The van der Waals surface area contributed by atoms with E-state index in [-0.39, 0.29) is 23.3 Å². The Morgan fingerprint density at radius 1 is 0.586 bits per heavy atom. The second kappa shape index (κ2) is 16.1. The third kappa shape index (κ3) is 6.62. The van der Waals surface area contributed by atoms with Gasteiger partial charge in [-0.3, -0.25) is 0 Å². The standard InChI is InChI=1S/C64H50N6/c1-5-39-17-21-41(22-18-39)45-25-30-57-51(33-45)52-34-46(42-23-19-40(6-2)20-24-42)26-31-58(52)69(57)48-28-32-59-53(36-48)54-37-50-49-29-27-47(65)35-55(49)64(3,4)56(50)38-60(54)70(59)63-67-61(43-13-9-7-10-14-43)66-62(68-63)44-15-11-8-12-16-44/h5-34,36-38,49,54-55,60,65H,1-2,35H2,3-4H3. The smallest absolute Gasteiger partial charge is 0.234 e. The van der Waals surface area contributed by atoms with Crippen LogP contribution in [0.3, 0.4) is 0 Å². The molecule has 3 heterocycles. The van der Waals surface area contributed by atoms with Crippen LogP contribution >= 0.6 is 0 Å². The zero-order chi connectivity index (χ0) is 47.3. The third-order valence-electron chi connectivity index (χ3n) is 15.5. The van der Waals surface area contributed by atoms with E-state index in [1.807, 2.05) is 54.6 Å². The van der Waals surface area contributed by atoms with Crippen LogP contribution in [0.25, 0.3) is 84.7 Å². The average Bonchev–Trinajstić information content (AvgIpc) is 3.99. The highest BCUT2D eigenvalue weighted by molar-refractivity contribution is 6.12. The summed E-state index contributed by atoms with van der Waals surface area (Å²) in [6.07, 6.45) is 14.0. The molecule has 0 radical (unpaired) electrons. The van der Waals surface area contributed by atoms with Crippen molar-refractivity contribution in [1.82, 2.24) is 19.5 Å². The highest BCUT2D eigenvalue weighted by Crippen LogP contribution is 2.61. The molecule has 4 aliphatic rings. The fraction of sp³-hybridized carbons (Fsp3) is 0.125. The van der Waals surface area contributed by atoms with Gasteiger partial charge in [0.1, 0.15) is 0 Å². The summed E-state index contributed by atoms with van der Waals surface area (Å²) >= 11 is 0. The van der Waals surface area contributed by atoms with Gasteiger partial charge < -0.3 is 14.9 Å². The van der Waals surface area contributed by atoms with Crippen molar-refractivity contribution in [2.75, 3.05) is 4.90 Å². The Morgan fingerprint density at radius 3 is 1.70 bits per heavy atom. The summed E-state index contributed by atoms with van der Waals surface area (Å²) in [7, 11) is 0. The van der Waals surface area contributed by atoms with Crippen LogP contribution in [-0.4, -0.2) is 31.3 Å². The lowest BCUT2D eigenvalue weighted by atomic mass is 9.72. The van der Waals surface area contributed by atoms with Crippen LogP contribution in [-0.2, 0) is 0 Å². The summed E-state index contributed by atoms with van der Waals surface area (Å²) in [6, 6.07) is 58.4. The van der Waals surface area contributed by atoms with Gasteiger partial charge in [-0.15, -0.1) is 0 Å². The number of nitrogens with one attached hydrogen (secondary N) is 1. The number of allylic oxidation sites excluding steroid dienone is 4. The molecule has 0 amide bonds. The van der Waals surface area contributed by atoms with Gasteiger partial charge in [0, 0.05) is 50.8 Å². The van der Waals surface area contributed by atoms with E-state index in [9.17, 15) is 0 Å². The van der Waals surface area contributed by atoms with Crippen molar-refractivity contribution in [3.8, 4) is 50.7 Å². The molecule has 0 bridgehead atoms. The summed E-state index contributed by atoms with van der Waals surface area (Å²) in [5.41, 5.74) is 17.8. The molecule has 6 nitrogen and oxygen atoms in total. The number of fused-ring (bicyclic) bond motifs is 9. The molecule has 6 heteroatoms. The normalized spacial score (nSPS) is 19.6. The Kier molecular flexibility index (Phi) is 9.57. The molecule has 7 aromatic carbocycles. The Balaban J connectivity index is 1.02. The number of nitrogens with zero attached hydrogens (tertiary/aromatic N) is 5. The van der Waals surface area contributed by atoms with Crippen LogP contribution in [0.5, 0.6) is 0 Å². The molecule has 13 rings (SSSR count). The molecular weight excluding hydrogens is 853 g/mol. The molecule has 1 N–H and O–H groups in total. The molecule has 4 atom stereocenters. The van der Waals surface area contributed by atoms with Crippen molar-refractivity contribution < 1.29 is 0 Å². The first-order valence-electron chi connectivity index (χ1n) is 24.3. The molecule has 3 aliphatic carbocycles. The van der Waals surface area contributed by atoms with Gasteiger partial charge in [0.2, 0.25) is 5.95 Å². The van der Waals surface area contributed by atoms with E-state index in [1.54, 1.807) is 0 Å². The summed E-state index contributed by atoms with van der Waals surface area (Å²) < 4.78 is 2.45. The molecule has 0 saturated heterocycles. The first-order chi connectivity index (χ1) is 34.2. The summed E-state index contributed by atoms with van der Waals surface area (Å²) in [4.78, 5) is 18.2. The van der Waals surface area contributed by atoms with Gasteiger partial charge in [-0.2, -0.15) is 9.97 Å². The SMILES string of the molecule is C=Cc1ccc(-c2ccc3c(c2)c2cc(-c4ccc(C=C)cc4)ccc2n3-c2ccc3c(c2)C2C=C4C(=CC2N3c2nc(-c3ccccc3)nc(-c3ccccc3)n2)C(C)(C)C2CC(=N)C=CC42)cc1. The van der Waals surface area contributed by atoms with Gasteiger partial charge in [-0.1, -0.05) is 179 Å². The molecule has 4 unspecified atom stereocenters. The van der Waals surface area contributed by atoms with Crippen LogP contribution < -0.4 is 4.90 Å². The van der Waals surface area contributed by atoms with E-state index >= 15 is 0 Å². The predicted octanol–water partition coefficient (Wildman–Crippen LogP) is 15.6. The topological polar surface area (TPSA) is 70.7 Å². The largest absolute Gasteiger partial charge is 0.309 e. The van der Waals surface area contributed by atoms with E-state index in [0.29, 0.717) is 29.2 Å². The maximum atomic E-state index is 8.71. The van der Waals surface area contributed by atoms with Gasteiger partial charge >= 0.3 is 0 Å². The van der Waals surface area contributed by atoms with E-state index in [0.717, 1.165) is 62.2 Å². The molecule has 70 heavy (non-hydrogen) atoms. The zero-order valence-corrected chi connectivity index (χ0v) is 39.2. The maximum Gasteiger partial charge on any atom is 0.234 e. The van der Waals surface area contributed by atoms with E-state index in [1.165, 1.54) is 38.6 Å². The minimum atomic E-state index is -0.129. The minimum absolute atomic E-state index is 0.0125. The predicted molar refractivity (Wildman–Crippen MR) is 290 cm³/mol. The molecule has 2 aromatic heterocycles. The summed E-state index contributed by atoms with van der Waals surface area (Å²) in [6.45, 7) is 12.7. The summed E-state index contributed by atoms with van der Waals surface area (Å²) in [5.74, 6) is 2.48. The highest BCUT2D eigenvalue weighted by atomic mass is 15.3. The van der Waals surface area contributed by atoms with Crippen LogP contribution in [0.15, 0.2) is 212 Å². The Hall–Kier alpha value is -8.48. The highest BCUT2D eigenvalue weighted by Gasteiger charge is 2.53. The van der Waals surface area contributed by atoms with Crippen molar-refractivity contribution in [3.63, 3.8) is 0 Å². The van der Waals surface area contributed by atoms with Crippen molar-refractivity contribution in [3.05, 3.63) is 229 Å². The number of benzene rings is 7. The van der Waals surface area contributed by atoms with E-state index < -0.39 is 0 Å².